The SMILES string of the molecule is O=C(O)CC1Cc2ccccc2CN(CC(F)(F)F)C1.c1cn2c(n1)NCCN2. The number of rotatable bonds is 3. The van der Waals surface area contributed by atoms with Crippen molar-refractivity contribution in [3.05, 3.63) is 47.8 Å². The number of anilines is 1. The van der Waals surface area contributed by atoms with Crippen molar-refractivity contribution in [2.24, 2.45) is 5.92 Å². The third kappa shape index (κ3) is 6.38. The molecule has 0 spiro atoms. The van der Waals surface area contributed by atoms with Crippen LogP contribution in [0.3, 0.4) is 0 Å². The molecule has 10 heteroatoms. The van der Waals surface area contributed by atoms with E-state index >= 15 is 0 Å². The van der Waals surface area contributed by atoms with Crippen molar-refractivity contribution in [3.8, 4) is 0 Å². The minimum Gasteiger partial charge on any atom is -0.481 e. The standard InChI is InChI=1S/C14H16F3NO2.C5H8N4/c15-14(16,17)9-18-7-10(6-13(19)20)5-11-3-1-2-4-12(11)8-18;1-2-8-9-4-3-7-5(9)6-1/h1-4,10H,5-9H2,(H,19,20);3-4,8H,1-2H2,(H,6,7). The van der Waals surface area contributed by atoms with Crippen molar-refractivity contribution in [2.45, 2.75) is 25.6 Å². The van der Waals surface area contributed by atoms with E-state index in [0.29, 0.717) is 6.42 Å². The minimum absolute atomic E-state index is 0.108. The van der Waals surface area contributed by atoms with Crippen LogP contribution in [0.4, 0.5) is 19.1 Å². The first-order valence-electron chi connectivity index (χ1n) is 9.39. The quantitative estimate of drug-likeness (QED) is 0.720. The van der Waals surface area contributed by atoms with Crippen LogP contribution in [-0.2, 0) is 17.8 Å². The van der Waals surface area contributed by atoms with Gasteiger partial charge in [-0.2, -0.15) is 13.2 Å². The van der Waals surface area contributed by atoms with E-state index in [1.54, 1.807) is 12.3 Å². The second-order valence-electron chi connectivity index (χ2n) is 7.18. The molecule has 7 nitrogen and oxygen atoms in total. The van der Waals surface area contributed by atoms with Gasteiger partial charge < -0.3 is 15.8 Å². The Labute approximate surface area is 166 Å². The molecule has 158 valence electrons. The summed E-state index contributed by atoms with van der Waals surface area (Å²) in [6.45, 7) is 1.28. The molecule has 0 aliphatic carbocycles. The topological polar surface area (TPSA) is 82.4 Å². The van der Waals surface area contributed by atoms with E-state index in [9.17, 15) is 18.0 Å². The Bertz CT molecular complexity index is 804. The average Bonchev–Trinajstić information content (AvgIpc) is 3.04. The molecule has 1 unspecified atom stereocenters. The number of hydrogen-bond acceptors (Lipinski definition) is 5. The smallest absolute Gasteiger partial charge is 0.401 e. The number of nitrogens with one attached hydrogen (secondary N) is 2. The molecule has 4 rings (SSSR count). The van der Waals surface area contributed by atoms with Gasteiger partial charge in [0.25, 0.3) is 0 Å². The second-order valence-corrected chi connectivity index (χ2v) is 7.18. The summed E-state index contributed by atoms with van der Waals surface area (Å²) in [7, 11) is 0. The van der Waals surface area contributed by atoms with Crippen LogP contribution in [-0.4, -0.2) is 58.0 Å². The lowest BCUT2D eigenvalue weighted by molar-refractivity contribution is -0.148. The van der Waals surface area contributed by atoms with Crippen molar-refractivity contribution in [1.29, 1.82) is 0 Å². The predicted octanol–water partition coefficient (Wildman–Crippen LogP) is 2.55. The Morgan fingerprint density at radius 1 is 1.24 bits per heavy atom. The zero-order valence-corrected chi connectivity index (χ0v) is 15.8. The number of carboxylic acid groups (broad SMARTS) is 1. The number of alkyl halides is 3. The second kappa shape index (κ2) is 9.17. The molecule has 0 radical (unpaired) electrons. The number of aromatic nitrogens is 2. The Morgan fingerprint density at radius 3 is 2.69 bits per heavy atom. The Kier molecular flexibility index (Phi) is 6.63. The van der Waals surface area contributed by atoms with Gasteiger partial charge in [0, 0.05) is 45.0 Å². The maximum absolute atomic E-state index is 12.6. The first-order valence-corrected chi connectivity index (χ1v) is 9.39. The lowest BCUT2D eigenvalue weighted by Gasteiger charge is -2.24. The Balaban J connectivity index is 0.000000220. The van der Waals surface area contributed by atoms with Crippen molar-refractivity contribution < 1.29 is 23.1 Å². The highest BCUT2D eigenvalue weighted by Gasteiger charge is 2.33. The molecule has 0 fully saturated rings. The van der Waals surface area contributed by atoms with Crippen LogP contribution in [0.1, 0.15) is 17.5 Å². The van der Waals surface area contributed by atoms with Gasteiger partial charge in [-0.15, -0.1) is 0 Å². The summed E-state index contributed by atoms with van der Waals surface area (Å²) in [5.74, 6) is -0.360. The highest BCUT2D eigenvalue weighted by atomic mass is 19.4. The van der Waals surface area contributed by atoms with Crippen LogP contribution < -0.4 is 10.7 Å². The zero-order chi connectivity index (χ0) is 20.9. The van der Waals surface area contributed by atoms with Crippen LogP contribution in [0.15, 0.2) is 36.7 Å². The maximum Gasteiger partial charge on any atom is 0.401 e. The molecule has 1 aromatic heterocycles. The minimum atomic E-state index is -4.27. The number of carboxylic acids is 1. The summed E-state index contributed by atoms with van der Waals surface area (Å²) in [6, 6.07) is 7.29. The van der Waals surface area contributed by atoms with Crippen molar-refractivity contribution in [3.63, 3.8) is 0 Å². The molecule has 1 atom stereocenters. The van der Waals surface area contributed by atoms with Gasteiger partial charge in [-0.1, -0.05) is 24.3 Å². The van der Waals surface area contributed by atoms with Crippen molar-refractivity contribution in [1.82, 2.24) is 14.6 Å². The van der Waals surface area contributed by atoms with Gasteiger partial charge in [-0.3, -0.25) is 9.69 Å². The van der Waals surface area contributed by atoms with Gasteiger partial charge in [-0.25, -0.2) is 9.66 Å². The Hall–Kier alpha value is -2.75. The zero-order valence-electron chi connectivity index (χ0n) is 15.8. The van der Waals surface area contributed by atoms with Gasteiger partial charge in [0.05, 0.1) is 6.54 Å². The number of carbonyl (C=O) groups is 1. The van der Waals surface area contributed by atoms with E-state index in [4.69, 9.17) is 5.11 Å². The number of aliphatic carboxylic acids is 1. The number of imidazole rings is 1. The fourth-order valence-corrected chi connectivity index (χ4v) is 3.63. The monoisotopic (exact) mass is 411 g/mol. The van der Waals surface area contributed by atoms with Gasteiger partial charge >= 0.3 is 12.1 Å². The maximum atomic E-state index is 12.6. The number of nitrogens with zero attached hydrogens (tertiary/aromatic N) is 3. The fraction of sp³-hybridized carbons (Fsp3) is 0.474. The van der Waals surface area contributed by atoms with Gasteiger partial charge in [0.1, 0.15) is 0 Å². The molecule has 29 heavy (non-hydrogen) atoms. The molecule has 3 heterocycles. The summed E-state index contributed by atoms with van der Waals surface area (Å²) in [6.07, 6.45) is -0.214. The van der Waals surface area contributed by atoms with E-state index in [-0.39, 0.29) is 25.4 Å². The molecule has 3 N–H and O–H groups in total. The molecular weight excluding hydrogens is 387 g/mol. The fourth-order valence-electron chi connectivity index (χ4n) is 3.63. The lowest BCUT2D eigenvalue weighted by Crippen LogP contribution is -2.36. The lowest BCUT2D eigenvalue weighted by atomic mass is 9.95. The highest BCUT2D eigenvalue weighted by Crippen LogP contribution is 2.26. The number of benzene rings is 1. The van der Waals surface area contributed by atoms with Crippen LogP contribution >= 0.6 is 0 Å². The molecule has 2 aliphatic rings. The molecule has 2 aromatic rings. The summed E-state index contributed by atoms with van der Waals surface area (Å²) < 4.78 is 39.6. The van der Waals surface area contributed by atoms with E-state index in [2.05, 4.69) is 15.7 Å². The highest BCUT2D eigenvalue weighted by molar-refractivity contribution is 5.67. The Morgan fingerprint density at radius 2 is 2.00 bits per heavy atom. The summed E-state index contributed by atoms with van der Waals surface area (Å²) in [4.78, 5) is 16.2. The molecule has 2 aliphatic heterocycles. The van der Waals surface area contributed by atoms with Crippen molar-refractivity contribution >= 4 is 11.9 Å². The van der Waals surface area contributed by atoms with Gasteiger partial charge in [0.15, 0.2) is 0 Å². The van der Waals surface area contributed by atoms with Gasteiger partial charge in [-0.05, 0) is 23.5 Å². The number of fused-ring (bicyclic) bond motifs is 2. The number of halogens is 3. The van der Waals surface area contributed by atoms with E-state index in [0.717, 1.165) is 30.2 Å². The third-order valence-corrected chi connectivity index (χ3v) is 4.73. The predicted molar refractivity (Wildman–Crippen MR) is 102 cm³/mol. The number of hydrogen-bond donors (Lipinski definition) is 3. The van der Waals surface area contributed by atoms with Crippen LogP contribution in [0.5, 0.6) is 0 Å². The first-order chi connectivity index (χ1) is 13.8. The van der Waals surface area contributed by atoms with Crippen LogP contribution in [0.25, 0.3) is 0 Å². The summed E-state index contributed by atoms with van der Waals surface area (Å²) in [5.41, 5.74) is 4.93. The molecule has 0 saturated carbocycles. The third-order valence-electron chi connectivity index (χ3n) is 4.73. The van der Waals surface area contributed by atoms with Gasteiger partial charge in [0.2, 0.25) is 5.95 Å². The summed E-state index contributed by atoms with van der Waals surface area (Å²) >= 11 is 0. The molecule has 0 amide bonds. The van der Waals surface area contributed by atoms with Crippen molar-refractivity contribution in [2.75, 3.05) is 36.9 Å². The van der Waals surface area contributed by atoms with Crippen LogP contribution in [0, 0.1) is 5.92 Å². The molecule has 1 aromatic carbocycles. The largest absolute Gasteiger partial charge is 0.481 e. The van der Waals surface area contributed by atoms with E-state index < -0.39 is 18.7 Å². The molecule has 0 bridgehead atoms. The first kappa shape index (κ1) is 21.0. The molecular formula is C19H24F3N5O2. The van der Waals surface area contributed by atoms with E-state index in [1.807, 2.05) is 29.1 Å². The summed E-state index contributed by atoms with van der Waals surface area (Å²) in [5, 5.41) is 12.0. The normalized spacial score (nSPS) is 18.8. The van der Waals surface area contributed by atoms with E-state index in [1.165, 1.54) is 4.90 Å². The van der Waals surface area contributed by atoms with Crippen LogP contribution in [0.2, 0.25) is 0 Å². The molecule has 0 saturated heterocycles. The average molecular weight is 411 g/mol.